The number of nitrogens with one attached hydrogen (secondary N) is 1. The van der Waals surface area contributed by atoms with Crippen LogP contribution in [0.1, 0.15) is 40.7 Å². The first-order valence-corrected chi connectivity index (χ1v) is 10.7. The second-order valence-electron chi connectivity index (χ2n) is 7.27. The van der Waals surface area contributed by atoms with E-state index in [0.29, 0.717) is 11.4 Å². The van der Waals surface area contributed by atoms with Crippen molar-refractivity contribution < 1.29 is 8.42 Å². The van der Waals surface area contributed by atoms with Crippen LogP contribution in [0, 0.1) is 27.7 Å². The summed E-state index contributed by atoms with van der Waals surface area (Å²) in [6.07, 6.45) is 2.49. The minimum Gasteiger partial charge on any atom is -0.372 e. The van der Waals surface area contributed by atoms with Gasteiger partial charge in [0.15, 0.2) is 0 Å². The van der Waals surface area contributed by atoms with Crippen LogP contribution in [0.5, 0.6) is 0 Å². The molecule has 0 aromatic heterocycles. The summed E-state index contributed by atoms with van der Waals surface area (Å²) in [5.74, 6) is 0. The Morgan fingerprint density at radius 3 is 2.00 bits per heavy atom. The maximum Gasteiger partial charge on any atom is 0.241 e. The Hall–Kier alpha value is -1.85. The minimum absolute atomic E-state index is 0.300. The summed E-state index contributed by atoms with van der Waals surface area (Å²) in [4.78, 5) is 2.79. The zero-order valence-corrected chi connectivity index (χ0v) is 16.9. The molecule has 1 fully saturated rings. The van der Waals surface area contributed by atoms with Gasteiger partial charge in [-0.05, 0) is 80.5 Å². The SMILES string of the molecule is Cc1cc(C)c(C)c(S(=O)(=O)NCc2ccc(N3CCCC3)cc2)c1C. The van der Waals surface area contributed by atoms with Crippen molar-refractivity contribution in [2.75, 3.05) is 18.0 Å². The van der Waals surface area contributed by atoms with E-state index in [9.17, 15) is 8.42 Å². The molecule has 3 rings (SSSR count). The van der Waals surface area contributed by atoms with Crippen molar-refractivity contribution in [1.82, 2.24) is 4.72 Å². The van der Waals surface area contributed by atoms with Gasteiger partial charge >= 0.3 is 0 Å². The molecule has 5 heteroatoms. The van der Waals surface area contributed by atoms with Gasteiger partial charge in [0, 0.05) is 25.3 Å². The van der Waals surface area contributed by atoms with Crippen LogP contribution in [0.3, 0.4) is 0 Å². The second-order valence-corrected chi connectivity index (χ2v) is 8.98. The second kappa shape index (κ2) is 7.41. The lowest BCUT2D eigenvalue weighted by Crippen LogP contribution is -2.25. The van der Waals surface area contributed by atoms with Crippen molar-refractivity contribution in [2.45, 2.75) is 52.0 Å². The lowest BCUT2D eigenvalue weighted by Gasteiger charge is -2.18. The molecule has 1 aliphatic heterocycles. The Morgan fingerprint density at radius 1 is 0.923 bits per heavy atom. The molecule has 0 aliphatic carbocycles. The van der Waals surface area contributed by atoms with Gasteiger partial charge in [-0.1, -0.05) is 18.2 Å². The topological polar surface area (TPSA) is 49.4 Å². The molecule has 0 radical (unpaired) electrons. The van der Waals surface area contributed by atoms with Gasteiger partial charge in [0.2, 0.25) is 10.0 Å². The molecule has 1 heterocycles. The van der Waals surface area contributed by atoms with E-state index in [1.54, 1.807) is 0 Å². The molecule has 1 N–H and O–H groups in total. The lowest BCUT2D eigenvalue weighted by molar-refractivity contribution is 0.579. The van der Waals surface area contributed by atoms with Gasteiger partial charge in [0.1, 0.15) is 0 Å². The highest BCUT2D eigenvalue weighted by Crippen LogP contribution is 2.26. The van der Waals surface area contributed by atoms with Crippen molar-refractivity contribution in [2.24, 2.45) is 0 Å². The number of hydrogen-bond acceptors (Lipinski definition) is 3. The highest BCUT2D eigenvalue weighted by Gasteiger charge is 2.21. The summed E-state index contributed by atoms with van der Waals surface area (Å²) >= 11 is 0. The number of sulfonamides is 1. The molecule has 4 nitrogen and oxygen atoms in total. The molecule has 140 valence electrons. The van der Waals surface area contributed by atoms with E-state index in [4.69, 9.17) is 0 Å². The maximum atomic E-state index is 12.9. The predicted octanol–water partition coefficient (Wildman–Crippen LogP) is 4.00. The molecular formula is C21H28N2O2S. The monoisotopic (exact) mass is 372 g/mol. The zero-order chi connectivity index (χ0) is 18.9. The molecule has 0 saturated carbocycles. The van der Waals surface area contributed by atoms with E-state index in [-0.39, 0.29) is 0 Å². The van der Waals surface area contributed by atoms with Crippen molar-refractivity contribution in [3.05, 3.63) is 58.1 Å². The number of aryl methyl sites for hydroxylation is 2. The fourth-order valence-corrected chi connectivity index (χ4v) is 5.26. The molecule has 0 amide bonds. The van der Waals surface area contributed by atoms with E-state index in [1.165, 1.54) is 18.5 Å². The summed E-state index contributed by atoms with van der Waals surface area (Å²) in [7, 11) is -3.55. The summed E-state index contributed by atoms with van der Waals surface area (Å²) in [6, 6.07) is 10.2. The van der Waals surface area contributed by atoms with E-state index < -0.39 is 10.0 Å². The summed E-state index contributed by atoms with van der Waals surface area (Å²) in [5, 5.41) is 0. The Kier molecular flexibility index (Phi) is 5.39. The fourth-order valence-electron chi connectivity index (χ4n) is 3.63. The smallest absolute Gasteiger partial charge is 0.241 e. The molecule has 1 saturated heterocycles. The van der Waals surface area contributed by atoms with Crippen LogP contribution >= 0.6 is 0 Å². The molecule has 2 aromatic carbocycles. The van der Waals surface area contributed by atoms with E-state index in [1.807, 2.05) is 45.9 Å². The average molecular weight is 373 g/mol. The van der Waals surface area contributed by atoms with Crippen LogP contribution < -0.4 is 9.62 Å². The first kappa shape index (κ1) is 18.9. The molecular weight excluding hydrogens is 344 g/mol. The van der Waals surface area contributed by atoms with Crippen molar-refractivity contribution >= 4 is 15.7 Å². The van der Waals surface area contributed by atoms with Crippen LogP contribution in [0.25, 0.3) is 0 Å². The van der Waals surface area contributed by atoms with Crippen LogP contribution in [0.2, 0.25) is 0 Å². The molecule has 0 unspecified atom stereocenters. The van der Waals surface area contributed by atoms with Crippen LogP contribution in [-0.2, 0) is 16.6 Å². The number of anilines is 1. The van der Waals surface area contributed by atoms with Crippen molar-refractivity contribution in [3.8, 4) is 0 Å². The van der Waals surface area contributed by atoms with Gasteiger partial charge < -0.3 is 4.90 Å². The van der Waals surface area contributed by atoms with Gasteiger partial charge in [-0.3, -0.25) is 0 Å². The van der Waals surface area contributed by atoms with Crippen molar-refractivity contribution in [3.63, 3.8) is 0 Å². The Bertz CT molecular complexity index is 870. The molecule has 26 heavy (non-hydrogen) atoms. The highest BCUT2D eigenvalue weighted by molar-refractivity contribution is 7.89. The number of rotatable bonds is 5. The van der Waals surface area contributed by atoms with E-state index in [2.05, 4.69) is 21.8 Å². The number of nitrogens with zero attached hydrogens (tertiary/aromatic N) is 1. The zero-order valence-electron chi connectivity index (χ0n) is 16.1. The van der Waals surface area contributed by atoms with Crippen LogP contribution in [0.15, 0.2) is 35.2 Å². The third-order valence-electron chi connectivity index (χ3n) is 5.44. The van der Waals surface area contributed by atoms with Crippen LogP contribution in [0.4, 0.5) is 5.69 Å². The normalized spacial score (nSPS) is 14.8. The molecule has 0 spiro atoms. The Balaban J connectivity index is 1.77. The van der Waals surface area contributed by atoms with Crippen molar-refractivity contribution in [1.29, 1.82) is 0 Å². The van der Waals surface area contributed by atoms with Gasteiger partial charge in [-0.2, -0.15) is 0 Å². The Labute approximate surface area is 157 Å². The van der Waals surface area contributed by atoms with Gasteiger partial charge in [0.05, 0.1) is 4.90 Å². The summed E-state index contributed by atoms with van der Waals surface area (Å²) in [5.41, 5.74) is 5.84. The third-order valence-corrected chi connectivity index (χ3v) is 7.11. The summed E-state index contributed by atoms with van der Waals surface area (Å²) in [6.45, 7) is 10.2. The standard InChI is InChI=1S/C21H28N2O2S/c1-15-13-16(2)18(4)21(17(15)3)26(24,25)22-14-19-7-9-20(10-8-19)23-11-5-6-12-23/h7-10,13,22H,5-6,11-12,14H2,1-4H3. The first-order chi connectivity index (χ1) is 12.3. The fraction of sp³-hybridized carbons (Fsp3) is 0.429. The number of hydrogen-bond donors (Lipinski definition) is 1. The number of benzene rings is 2. The quantitative estimate of drug-likeness (QED) is 0.863. The predicted molar refractivity (Wildman–Crippen MR) is 107 cm³/mol. The molecule has 1 aliphatic rings. The van der Waals surface area contributed by atoms with Crippen LogP contribution in [-0.4, -0.2) is 21.5 Å². The lowest BCUT2D eigenvalue weighted by atomic mass is 10.0. The minimum atomic E-state index is -3.55. The third kappa shape index (κ3) is 3.79. The van der Waals surface area contributed by atoms with Gasteiger partial charge in [0.25, 0.3) is 0 Å². The van der Waals surface area contributed by atoms with E-state index >= 15 is 0 Å². The van der Waals surface area contributed by atoms with E-state index in [0.717, 1.165) is 40.9 Å². The van der Waals surface area contributed by atoms with Gasteiger partial charge in [-0.25, -0.2) is 13.1 Å². The molecule has 0 atom stereocenters. The largest absolute Gasteiger partial charge is 0.372 e. The van der Waals surface area contributed by atoms with Gasteiger partial charge in [-0.15, -0.1) is 0 Å². The average Bonchev–Trinajstić information content (AvgIpc) is 3.13. The highest BCUT2D eigenvalue weighted by atomic mass is 32.2. The molecule has 2 aromatic rings. The molecule has 0 bridgehead atoms. The maximum absolute atomic E-state index is 12.9. The Morgan fingerprint density at radius 2 is 1.46 bits per heavy atom. The first-order valence-electron chi connectivity index (χ1n) is 9.20. The summed E-state index contributed by atoms with van der Waals surface area (Å²) < 4.78 is 28.6.